The first-order valence-electron chi connectivity index (χ1n) is 8.77. The van der Waals surface area contributed by atoms with E-state index in [9.17, 15) is 9.59 Å². The van der Waals surface area contributed by atoms with Crippen LogP contribution in [0, 0.1) is 5.41 Å². The van der Waals surface area contributed by atoms with Gasteiger partial charge in [-0.3, -0.25) is 4.79 Å². The SMILES string of the molecule is CC(C)(C)[C@H](NC(N)=O)C(=O)N1CCO[C@@H](CCc2ccccc2)C1. The summed E-state index contributed by atoms with van der Waals surface area (Å²) in [5.41, 5.74) is 6.10. The summed E-state index contributed by atoms with van der Waals surface area (Å²) < 4.78 is 5.82. The number of nitrogens with two attached hydrogens (primary N) is 1. The minimum absolute atomic E-state index is 0.00658. The number of nitrogens with one attached hydrogen (secondary N) is 1. The van der Waals surface area contributed by atoms with Crippen molar-refractivity contribution in [2.75, 3.05) is 19.7 Å². The summed E-state index contributed by atoms with van der Waals surface area (Å²) in [6.07, 6.45) is 1.78. The molecule has 6 heteroatoms. The van der Waals surface area contributed by atoms with Gasteiger partial charge in [-0.25, -0.2) is 4.79 Å². The highest BCUT2D eigenvalue weighted by Gasteiger charge is 2.37. The van der Waals surface area contributed by atoms with Crippen LogP contribution in [-0.4, -0.2) is 48.7 Å². The smallest absolute Gasteiger partial charge is 0.312 e. The number of ether oxygens (including phenoxy) is 1. The van der Waals surface area contributed by atoms with Crippen LogP contribution in [0.15, 0.2) is 30.3 Å². The molecule has 1 fully saturated rings. The van der Waals surface area contributed by atoms with Crippen LogP contribution in [0.3, 0.4) is 0 Å². The van der Waals surface area contributed by atoms with E-state index in [0.29, 0.717) is 19.7 Å². The Bertz CT molecular complexity index is 583. The zero-order chi connectivity index (χ0) is 18.4. The van der Waals surface area contributed by atoms with Gasteiger partial charge in [0.15, 0.2) is 0 Å². The Kier molecular flexibility index (Phi) is 6.42. The molecular formula is C19H29N3O3. The second-order valence-corrected chi connectivity index (χ2v) is 7.61. The highest BCUT2D eigenvalue weighted by Crippen LogP contribution is 2.22. The number of morpholine rings is 1. The predicted molar refractivity (Wildman–Crippen MR) is 97.0 cm³/mol. The minimum Gasteiger partial charge on any atom is -0.375 e. The molecule has 2 atom stereocenters. The average molecular weight is 347 g/mol. The molecule has 25 heavy (non-hydrogen) atoms. The maximum Gasteiger partial charge on any atom is 0.312 e. The summed E-state index contributed by atoms with van der Waals surface area (Å²) in [6.45, 7) is 7.33. The average Bonchev–Trinajstić information content (AvgIpc) is 2.57. The van der Waals surface area contributed by atoms with Crippen molar-refractivity contribution < 1.29 is 14.3 Å². The third-order valence-electron chi connectivity index (χ3n) is 4.45. The first-order chi connectivity index (χ1) is 11.8. The van der Waals surface area contributed by atoms with E-state index in [4.69, 9.17) is 10.5 Å². The van der Waals surface area contributed by atoms with Crippen LogP contribution < -0.4 is 11.1 Å². The largest absolute Gasteiger partial charge is 0.375 e. The van der Waals surface area contributed by atoms with Gasteiger partial charge in [0.2, 0.25) is 5.91 Å². The van der Waals surface area contributed by atoms with E-state index in [-0.39, 0.29) is 12.0 Å². The van der Waals surface area contributed by atoms with Crippen molar-refractivity contribution in [1.29, 1.82) is 0 Å². The van der Waals surface area contributed by atoms with E-state index in [0.717, 1.165) is 12.8 Å². The number of hydrogen-bond donors (Lipinski definition) is 2. The lowest BCUT2D eigenvalue weighted by Gasteiger charge is -2.38. The number of benzene rings is 1. The summed E-state index contributed by atoms with van der Waals surface area (Å²) in [6, 6.07) is 8.92. The lowest BCUT2D eigenvalue weighted by molar-refractivity contribution is -0.143. The zero-order valence-electron chi connectivity index (χ0n) is 15.3. The Balaban J connectivity index is 1.96. The highest BCUT2D eigenvalue weighted by molar-refractivity contribution is 5.87. The molecule has 1 aromatic rings. The molecule has 1 aromatic carbocycles. The van der Waals surface area contributed by atoms with E-state index >= 15 is 0 Å². The number of nitrogens with zero attached hydrogens (tertiary/aromatic N) is 1. The molecule has 1 saturated heterocycles. The number of urea groups is 1. The molecule has 0 radical (unpaired) electrons. The van der Waals surface area contributed by atoms with Crippen molar-refractivity contribution in [1.82, 2.24) is 10.2 Å². The molecule has 138 valence electrons. The quantitative estimate of drug-likeness (QED) is 0.853. The van der Waals surface area contributed by atoms with Gasteiger partial charge in [0.1, 0.15) is 6.04 Å². The fraction of sp³-hybridized carbons (Fsp3) is 0.579. The maximum absolute atomic E-state index is 12.9. The molecule has 3 N–H and O–H groups in total. The summed E-state index contributed by atoms with van der Waals surface area (Å²) in [5, 5.41) is 2.60. The Morgan fingerprint density at radius 2 is 2.00 bits per heavy atom. The third-order valence-corrected chi connectivity index (χ3v) is 4.45. The van der Waals surface area contributed by atoms with Crippen molar-refractivity contribution in [3.63, 3.8) is 0 Å². The molecule has 0 unspecified atom stereocenters. The van der Waals surface area contributed by atoms with Crippen molar-refractivity contribution >= 4 is 11.9 Å². The van der Waals surface area contributed by atoms with E-state index in [1.165, 1.54) is 5.56 Å². The molecule has 3 amide bonds. The van der Waals surface area contributed by atoms with Gasteiger partial charge in [0.05, 0.1) is 12.7 Å². The first kappa shape index (κ1) is 19.2. The lowest BCUT2D eigenvalue weighted by Crippen LogP contribution is -2.58. The summed E-state index contributed by atoms with van der Waals surface area (Å²) in [4.78, 5) is 26.0. The van der Waals surface area contributed by atoms with Crippen LogP contribution in [0.25, 0.3) is 0 Å². The topological polar surface area (TPSA) is 84.7 Å². The normalized spacial score (nSPS) is 19.3. The van der Waals surface area contributed by atoms with E-state index < -0.39 is 17.5 Å². The molecule has 0 saturated carbocycles. The molecule has 0 aromatic heterocycles. The standard InChI is InChI=1S/C19H29N3O3/c1-19(2,3)16(21-18(20)24)17(23)22-11-12-25-15(13-22)10-9-14-7-5-4-6-8-14/h4-8,15-16H,9-13H2,1-3H3,(H3,20,21,24)/t15-,16+/m0/s1. The minimum atomic E-state index is -0.679. The zero-order valence-corrected chi connectivity index (χ0v) is 15.3. The number of amides is 3. The Morgan fingerprint density at radius 1 is 1.32 bits per heavy atom. The number of carbonyl (C=O) groups is 2. The van der Waals surface area contributed by atoms with Crippen LogP contribution >= 0.6 is 0 Å². The van der Waals surface area contributed by atoms with Gasteiger partial charge in [0.25, 0.3) is 0 Å². The van der Waals surface area contributed by atoms with Crippen LogP contribution in [-0.2, 0) is 16.0 Å². The van der Waals surface area contributed by atoms with Gasteiger partial charge in [-0.2, -0.15) is 0 Å². The maximum atomic E-state index is 12.9. The van der Waals surface area contributed by atoms with Gasteiger partial charge >= 0.3 is 6.03 Å². The summed E-state index contributed by atoms with van der Waals surface area (Å²) in [5.74, 6) is -0.0979. The molecule has 1 heterocycles. The third kappa shape index (κ3) is 5.74. The molecule has 1 aliphatic rings. The second kappa shape index (κ2) is 8.34. The van der Waals surface area contributed by atoms with Crippen molar-refractivity contribution in [3.8, 4) is 0 Å². The Hall–Kier alpha value is -2.08. The molecular weight excluding hydrogens is 318 g/mol. The van der Waals surface area contributed by atoms with Gasteiger partial charge < -0.3 is 20.7 Å². The Labute approximate surface area is 149 Å². The molecule has 6 nitrogen and oxygen atoms in total. The molecule has 0 bridgehead atoms. The summed E-state index contributed by atoms with van der Waals surface area (Å²) in [7, 11) is 0. The second-order valence-electron chi connectivity index (χ2n) is 7.61. The van der Waals surface area contributed by atoms with Crippen molar-refractivity contribution in [3.05, 3.63) is 35.9 Å². The first-order valence-corrected chi connectivity index (χ1v) is 8.77. The van der Waals surface area contributed by atoms with Crippen LogP contribution in [0.2, 0.25) is 0 Å². The van der Waals surface area contributed by atoms with Crippen LogP contribution in [0.1, 0.15) is 32.8 Å². The fourth-order valence-corrected chi connectivity index (χ4v) is 3.04. The lowest BCUT2D eigenvalue weighted by atomic mass is 9.85. The fourth-order valence-electron chi connectivity index (χ4n) is 3.04. The Morgan fingerprint density at radius 3 is 2.60 bits per heavy atom. The van der Waals surface area contributed by atoms with Gasteiger partial charge in [-0.1, -0.05) is 51.1 Å². The predicted octanol–water partition coefficient (Wildman–Crippen LogP) is 1.93. The highest BCUT2D eigenvalue weighted by atomic mass is 16.5. The molecule has 0 spiro atoms. The number of aryl methyl sites for hydroxylation is 1. The van der Waals surface area contributed by atoms with Crippen molar-refractivity contribution in [2.24, 2.45) is 11.1 Å². The monoisotopic (exact) mass is 347 g/mol. The molecule has 1 aliphatic heterocycles. The molecule has 0 aliphatic carbocycles. The van der Waals surface area contributed by atoms with E-state index in [1.807, 2.05) is 39.0 Å². The number of primary amides is 1. The van der Waals surface area contributed by atoms with Gasteiger partial charge in [0, 0.05) is 13.1 Å². The number of carbonyl (C=O) groups excluding carboxylic acids is 2. The van der Waals surface area contributed by atoms with Gasteiger partial charge in [-0.05, 0) is 23.8 Å². The van der Waals surface area contributed by atoms with Gasteiger partial charge in [-0.15, -0.1) is 0 Å². The summed E-state index contributed by atoms with van der Waals surface area (Å²) >= 11 is 0. The van der Waals surface area contributed by atoms with Crippen LogP contribution in [0.4, 0.5) is 4.79 Å². The van der Waals surface area contributed by atoms with E-state index in [2.05, 4.69) is 17.4 Å². The van der Waals surface area contributed by atoms with E-state index in [1.54, 1.807) is 4.90 Å². The number of hydrogen-bond acceptors (Lipinski definition) is 3. The number of rotatable bonds is 5. The van der Waals surface area contributed by atoms with Crippen LogP contribution in [0.5, 0.6) is 0 Å². The molecule has 2 rings (SSSR count). The van der Waals surface area contributed by atoms with Crippen molar-refractivity contribution in [2.45, 2.75) is 45.8 Å².